The van der Waals surface area contributed by atoms with Crippen molar-refractivity contribution in [1.82, 2.24) is 9.78 Å². The van der Waals surface area contributed by atoms with E-state index in [0.717, 1.165) is 27.7 Å². The number of para-hydroxylation sites is 2. The highest BCUT2D eigenvalue weighted by Gasteiger charge is 2.58. The van der Waals surface area contributed by atoms with Gasteiger partial charge in [0, 0.05) is 26.7 Å². The van der Waals surface area contributed by atoms with Crippen molar-refractivity contribution in [3.63, 3.8) is 0 Å². The van der Waals surface area contributed by atoms with Gasteiger partial charge in [-0.2, -0.15) is 5.10 Å². The first-order valence-electron chi connectivity index (χ1n) is 12.2. The molecule has 0 saturated heterocycles. The van der Waals surface area contributed by atoms with Crippen LogP contribution in [0.15, 0.2) is 86.5 Å². The first kappa shape index (κ1) is 22.1. The maximum absolute atomic E-state index is 14.3. The molecular formula is C29H21BrN4O3. The molecule has 37 heavy (non-hydrogen) atoms. The summed E-state index contributed by atoms with van der Waals surface area (Å²) in [6, 6.07) is 22.8. The number of hydrogen-bond acceptors (Lipinski definition) is 5. The number of halogens is 1. The fraction of sp³-hybridized carbons (Fsp3) is 0.138. The van der Waals surface area contributed by atoms with Gasteiger partial charge in [0.2, 0.25) is 5.91 Å². The molecule has 0 bridgehead atoms. The quantitative estimate of drug-likeness (QED) is 0.266. The van der Waals surface area contributed by atoms with Gasteiger partial charge in [0.05, 0.1) is 22.6 Å². The van der Waals surface area contributed by atoms with Crippen molar-refractivity contribution in [1.29, 1.82) is 0 Å². The second kappa shape index (κ2) is 7.91. The SMILES string of the molecule is CCCc1nn(-c2ccccc2)c2c1[C@]1(C(=O)Nc3ccc(Br)cc31)c1c(c3ccccc3oc1=O)N2. The van der Waals surface area contributed by atoms with Gasteiger partial charge in [-0.05, 0) is 48.9 Å². The predicted octanol–water partition coefficient (Wildman–Crippen LogP) is 6.04. The van der Waals surface area contributed by atoms with Gasteiger partial charge in [0.1, 0.15) is 16.8 Å². The maximum Gasteiger partial charge on any atom is 0.343 e. The molecular weight excluding hydrogens is 532 g/mol. The molecule has 1 amide bonds. The first-order chi connectivity index (χ1) is 18.0. The second-order valence-electron chi connectivity index (χ2n) is 9.32. The number of carbonyl (C=O) groups excluding carboxylic acids is 1. The second-order valence-corrected chi connectivity index (χ2v) is 10.2. The molecule has 3 aromatic carbocycles. The van der Waals surface area contributed by atoms with Crippen molar-refractivity contribution in [2.45, 2.75) is 25.2 Å². The number of aryl methyl sites for hydroxylation is 1. The highest BCUT2D eigenvalue weighted by Crippen LogP contribution is 2.56. The summed E-state index contributed by atoms with van der Waals surface area (Å²) in [6.45, 7) is 2.08. The standard InChI is InChI=1S/C29H21BrN4O3/c1-2-8-21-23-26(34(33-21)17-9-4-3-5-10-17)32-25-18-11-6-7-12-22(18)37-27(35)24(25)29(23)19-15-16(30)13-14-20(19)31-28(29)36/h3-7,9-15,32H,2,8H2,1H3,(H,31,36)/t29-/m0/s1. The van der Waals surface area contributed by atoms with Crippen LogP contribution in [0.2, 0.25) is 0 Å². The molecule has 1 atom stereocenters. The van der Waals surface area contributed by atoms with Crippen LogP contribution in [0.4, 0.5) is 17.2 Å². The average Bonchev–Trinajstić information content (AvgIpc) is 3.40. The van der Waals surface area contributed by atoms with Crippen LogP contribution >= 0.6 is 15.9 Å². The maximum atomic E-state index is 14.3. The van der Waals surface area contributed by atoms with Gasteiger partial charge >= 0.3 is 5.63 Å². The minimum Gasteiger partial charge on any atom is -0.422 e. The number of benzene rings is 3. The van der Waals surface area contributed by atoms with E-state index in [-0.39, 0.29) is 11.5 Å². The van der Waals surface area contributed by atoms with Crippen LogP contribution < -0.4 is 16.3 Å². The molecule has 0 unspecified atom stereocenters. The molecule has 0 saturated carbocycles. The number of amides is 1. The molecule has 1 spiro atoms. The topological polar surface area (TPSA) is 89.2 Å². The Morgan fingerprint density at radius 2 is 1.76 bits per heavy atom. The number of nitrogens with one attached hydrogen (secondary N) is 2. The summed E-state index contributed by atoms with van der Waals surface area (Å²) < 4.78 is 8.48. The van der Waals surface area contributed by atoms with Gasteiger partial charge < -0.3 is 15.1 Å². The average molecular weight is 553 g/mol. The molecule has 4 heterocycles. The number of fused-ring (bicyclic) bond motifs is 8. The zero-order chi connectivity index (χ0) is 25.3. The van der Waals surface area contributed by atoms with Gasteiger partial charge in [0.15, 0.2) is 0 Å². The Balaban J connectivity index is 1.69. The summed E-state index contributed by atoms with van der Waals surface area (Å²) >= 11 is 3.59. The fourth-order valence-electron chi connectivity index (χ4n) is 5.77. The highest BCUT2D eigenvalue weighted by molar-refractivity contribution is 9.10. The highest BCUT2D eigenvalue weighted by atomic mass is 79.9. The molecule has 182 valence electrons. The summed E-state index contributed by atoms with van der Waals surface area (Å²) in [7, 11) is 0. The largest absolute Gasteiger partial charge is 0.422 e. The molecule has 2 N–H and O–H groups in total. The van der Waals surface area contributed by atoms with Crippen LogP contribution in [-0.4, -0.2) is 15.7 Å². The van der Waals surface area contributed by atoms with Crippen molar-refractivity contribution in [2.24, 2.45) is 0 Å². The number of rotatable bonds is 3. The van der Waals surface area contributed by atoms with Crippen LogP contribution in [0.1, 0.15) is 35.7 Å². The smallest absolute Gasteiger partial charge is 0.343 e. The lowest BCUT2D eigenvalue weighted by molar-refractivity contribution is -0.118. The van der Waals surface area contributed by atoms with Gasteiger partial charge in [-0.3, -0.25) is 4.79 Å². The minimum absolute atomic E-state index is 0.276. The van der Waals surface area contributed by atoms with Crippen LogP contribution in [0.5, 0.6) is 0 Å². The Morgan fingerprint density at radius 1 is 0.973 bits per heavy atom. The number of carbonyl (C=O) groups is 1. The third kappa shape index (κ3) is 2.90. The van der Waals surface area contributed by atoms with Crippen LogP contribution in [0.25, 0.3) is 16.7 Å². The Kier molecular flexibility index (Phi) is 4.72. The fourth-order valence-corrected chi connectivity index (χ4v) is 6.14. The summed E-state index contributed by atoms with van der Waals surface area (Å²) in [5.74, 6) is 0.373. The van der Waals surface area contributed by atoms with Gasteiger partial charge in [0.25, 0.3) is 0 Å². The molecule has 0 radical (unpaired) electrons. The van der Waals surface area contributed by atoms with Gasteiger partial charge in [-0.15, -0.1) is 0 Å². The van der Waals surface area contributed by atoms with Crippen molar-refractivity contribution in [2.75, 3.05) is 10.6 Å². The molecule has 0 fully saturated rings. The van der Waals surface area contributed by atoms with Gasteiger partial charge in [-0.25, -0.2) is 9.48 Å². The van der Waals surface area contributed by atoms with E-state index in [1.54, 1.807) is 6.07 Å². The number of nitrogens with zero attached hydrogens (tertiary/aromatic N) is 2. The normalized spacial score (nSPS) is 17.3. The Hall–Kier alpha value is -4.17. The molecule has 8 heteroatoms. The first-order valence-corrected chi connectivity index (χ1v) is 13.0. The third-order valence-electron chi connectivity index (χ3n) is 7.23. The van der Waals surface area contributed by atoms with Crippen molar-refractivity contribution >= 4 is 50.0 Å². The molecule has 7 nitrogen and oxygen atoms in total. The van der Waals surface area contributed by atoms with Crippen molar-refractivity contribution in [3.05, 3.63) is 110 Å². The number of anilines is 3. The lowest BCUT2D eigenvalue weighted by Crippen LogP contribution is -2.44. The van der Waals surface area contributed by atoms with E-state index in [2.05, 4.69) is 33.5 Å². The van der Waals surface area contributed by atoms with E-state index in [1.165, 1.54) is 0 Å². The molecule has 7 rings (SSSR count). The van der Waals surface area contributed by atoms with E-state index in [9.17, 15) is 9.59 Å². The number of hydrogen-bond donors (Lipinski definition) is 2. The molecule has 2 aliphatic rings. The Labute approximate surface area is 220 Å². The van der Waals surface area contributed by atoms with E-state index in [1.807, 2.05) is 71.4 Å². The molecule has 0 aliphatic carbocycles. The zero-order valence-electron chi connectivity index (χ0n) is 19.8. The number of aromatic nitrogens is 2. The summed E-state index contributed by atoms with van der Waals surface area (Å²) in [5, 5.41) is 12.3. The zero-order valence-corrected chi connectivity index (χ0v) is 21.4. The Morgan fingerprint density at radius 3 is 2.57 bits per heavy atom. The van der Waals surface area contributed by atoms with E-state index in [0.29, 0.717) is 40.3 Å². The van der Waals surface area contributed by atoms with E-state index in [4.69, 9.17) is 9.52 Å². The third-order valence-corrected chi connectivity index (χ3v) is 7.72. The van der Waals surface area contributed by atoms with Crippen LogP contribution in [0, 0.1) is 0 Å². The summed E-state index contributed by atoms with van der Waals surface area (Å²) in [4.78, 5) is 28.1. The Bertz CT molecular complexity index is 1810. The summed E-state index contributed by atoms with van der Waals surface area (Å²) in [5.41, 5.74) is 2.95. The monoisotopic (exact) mass is 552 g/mol. The van der Waals surface area contributed by atoms with E-state index < -0.39 is 11.0 Å². The van der Waals surface area contributed by atoms with Crippen molar-refractivity contribution < 1.29 is 9.21 Å². The molecule has 2 aromatic heterocycles. The summed E-state index contributed by atoms with van der Waals surface area (Å²) in [6.07, 6.45) is 1.46. The minimum atomic E-state index is -1.43. The van der Waals surface area contributed by atoms with E-state index >= 15 is 0 Å². The lowest BCUT2D eigenvalue weighted by Gasteiger charge is -2.35. The van der Waals surface area contributed by atoms with Crippen molar-refractivity contribution in [3.8, 4) is 5.69 Å². The predicted molar refractivity (Wildman–Crippen MR) is 146 cm³/mol. The van der Waals surface area contributed by atoms with Crippen LogP contribution in [0.3, 0.4) is 0 Å². The van der Waals surface area contributed by atoms with Crippen LogP contribution in [-0.2, 0) is 16.6 Å². The molecule has 2 aliphatic heterocycles. The molecule has 5 aromatic rings. The van der Waals surface area contributed by atoms with Gasteiger partial charge in [-0.1, -0.05) is 59.6 Å². The lowest BCUT2D eigenvalue weighted by atomic mass is 9.67.